The fourth-order valence-corrected chi connectivity index (χ4v) is 7.67. The molecular formula is C29H50N2O4. The first kappa shape index (κ1) is 26.6. The van der Waals surface area contributed by atoms with E-state index in [-0.39, 0.29) is 12.2 Å². The molecule has 2 N–H and O–H groups in total. The van der Waals surface area contributed by atoms with E-state index in [1.165, 1.54) is 96.3 Å². The van der Waals surface area contributed by atoms with Crippen LogP contribution in [0.15, 0.2) is 0 Å². The minimum Gasteiger partial charge on any atom is -0.450 e. The Morgan fingerprint density at radius 3 is 1.51 bits per heavy atom. The molecular weight excluding hydrogens is 440 g/mol. The molecule has 4 aliphatic carbocycles. The van der Waals surface area contributed by atoms with Crippen LogP contribution in [0.1, 0.15) is 109 Å². The number of fused-ring (bicyclic) bond motifs is 2. The molecule has 200 valence electrons. The summed E-state index contributed by atoms with van der Waals surface area (Å²) in [5.74, 6) is 4.00. The van der Waals surface area contributed by atoms with Crippen LogP contribution in [0.3, 0.4) is 0 Å². The summed E-state index contributed by atoms with van der Waals surface area (Å²) in [6, 6.07) is 0. The van der Waals surface area contributed by atoms with Crippen molar-refractivity contribution in [3.8, 4) is 0 Å². The summed E-state index contributed by atoms with van der Waals surface area (Å²) in [5.41, 5.74) is 0. The number of rotatable bonds is 12. The van der Waals surface area contributed by atoms with Gasteiger partial charge >= 0.3 is 12.2 Å². The van der Waals surface area contributed by atoms with Crippen molar-refractivity contribution in [2.75, 3.05) is 26.3 Å². The summed E-state index contributed by atoms with van der Waals surface area (Å²) >= 11 is 0. The highest BCUT2D eigenvalue weighted by molar-refractivity contribution is 5.67. The fourth-order valence-electron chi connectivity index (χ4n) is 7.67. The normalized spacial score (nSPS) is 29.1. The molecule has 6 nitrogen and oxygen atoms in total. The number of amides is 2. The smallest absolute Gasteiger partial charge is 0.407 e. The topological polar surface area (TPSA) is 76.7 Å². The SMILES string of the molecule is O=C(NCC1CC2CC(CNC(=O)OCCCC3CCCCC3)C1C2)OCCCC1CCCCC1. The van der Waals surface area contributed by atoms with Crippen LogP contribution in [-0.2, 0) is 9.47 Å². The molecule has 0 aromatic carbocycles. The van der Waals surface area contributed by atoms with Crippen LogP contribution >= 0.6 is 0 Å². The maximum Gasteiger partial charge on any atom is 0.407 e. The lowest BCUT2D eigenvalue weighted by atomic mass is 9.80. The molecule has 0 aromatic heterocycles. The molecule has 4 fully saturated rings. The third-order valence-electron chi connectivity index (χ3n) is 9.54. The average molecular weight is 491 g/mol. The van der Waals surface area contributed by atoms with Gasteiger partial charge in [0.25, 0.3) is 0 Å². The minimum absolute atomic E-state index is 0.261. The van der Waals surface area contributed by atoms with E-state index < -0.39 is 0 Å². The predicted molar refractivity (Wildman–Crippen MR) is 138 cm³/mol. The zero-order chi connectivity index (χ0) is 24.3. The summed E-state index contributed by atoms with van der Waals surface area (Å²) in [7, 11) is 0. The third kappa shape index (κ3) is 8.86. The zero-order valence-electron chi connectivity index (χ0n) is 21.9. The number of carbonyl (C=O) groups excluding carboxylic acids is 2. The van der Waals surface area contributed by atoms with Gasteiger partial charge in [-0.15, -0.1) is 0 Å². The maximum atomic E-state index is 12.2. The first-order valence-electron chi connectivity index (χ1n) is 15.0. The van der Waals surface area contributed by atoms with E-state index in [0.717, 1.165) is 30.6 Å². The molecule has 0 spiro atoms. The number of hydrogen-bond donors (Lipinski definition) is 2. The van der Waals surface area contributed by atoms with E-state index in [9.17, 15) is 9.59 Å². The van der Waals surface area contributed by atoms with Crippen LogP contribution in [0, 0.1) is 35.5 Å². The van der Waals surface area contributed by atoms with E-state index in [1.54, 1.807) is 0 Å². The Hall–Kier alpha value is -1.46. The van der Waals surface area contributed by atoms with Gasteiger partial charge in [0, 0.05) is 13.1 Å². The van der Waals surface area contributed by atoms with E-state index in [1.807, 2.05) is 0 Å². The lowest BCUT2D eigenvalue weighted by Crippen LogP contribution is -2.38. The molecule has 35 heavy (non-hydrogen) atoms. The van der Waals surface area contributed by atoms with Crippen molar-refractivity contribution in [2.24, 2.45) is 35.5 Å². The Kier molecular flexibility index (Phi) is 10.9. The van der Waals surface area contributed by atoms with Crippen LogP contribution in [0.25, 0.3) is 0 Å². The molecule has 4 rings (SSSR count). The number of hydrogen-bond acceptors (Lipinski definition) is 4. The van der Waals surface area contributed by atoms with Crippen LogP contribution in [0.2, 0.25) is 0 Å². The van der Waals surface area contributed by atoms with Crippen molar-refractivity contribution < 1.29 is 19.1 Å². The summed E-state index contributed by atoms with van der Waals surface area (Å²) < 4.78 is 10.9. The van der Waals surface area contributed by atoms with E-state index in [4.69, 9.17) is 9.47 Å². The molecule has 2 unspecified atom stereocenters. The molecule has 6 heteroatoms. The van der Waals surface area contributed by atoms with Gasteiger partial charge in [0.2, 0.25) is 0 Å². The highest BCUT2D eigenvalue weighted by atomic mass is 16.6. The Morgan fingerprint density at radius 2 is 1.09 bits per heavy atom. The molecule has 4 saturated carbocycles. The van der Waals surface area contributed by atoms with E-state index in [2.05, 4.69) is 10.6 Å². The van der Waals surface area contributed by atoms with Gasteiger partial charge in [0.15, 0.2) is 0 Å². The van der Waals surface area contributed by atoms with Gasteiger partial charge < -0.3 is 20.1 Å². The average Bonchev–Trinajstić information content (AvgIpc) is 3.48. The Balaban J connectivity index is 1.03. The molecule has 0 saturated heterocycles. The summed E-state index contributed by atoms with van der Waals surface area (Å²) in [5, 5.41) is 6.04. The number of ether oxygens (including phenoxy) is 2. The van der Waals surface area contributed by atoms with Gasteiger partial charge in [-0.2, -0.15) is 0 Å². The van der Waals surface area contributed by atoms with Crippen molar-refractivity contribution in [3.63, 3.8) is 0 Å². The predicted octanol–water partition coefficient (Wildman–Crippen LogP) is 6.82. The molecule has 2 atom stereocenters. The summed E-state index contributed by atoms with van der Waals surface area (Å²) in [4.78, 5) is 24.3. The van der Waals surface area contributed by atoms with Gasteiger partial charge in [0.05, 0.1) is 13.2 Å². The highest BCUT2D eigenvalue weighted by Gasteiger charge is 2.45. The molecule has 0 aliphatic heterocycles. The second-order valence-corrected chi connectivity index (χ2v) is 12.1. The summed E-state index contributed by atoms with van der Waals surface area (Å²) in [6.07, 6.45) is 21.1. The zero-order valence-corrected chi connectivity index (χ0v) is 21.9. The molecule has 2 amide bonds. The van der Waals surface area contributed by atoms with Crippen molar-refractivity contribution >= 4 is 12.2 Å². The van der Waals surface area contributed by atoms with Crippen molar-refractivity contribution in [1.82, 2.24) is 10.6 Å². The molecule has 0 heterocycles. The second kappa shape index (κ2) is 14.3. The number of carbonyl (C=O) groups is 2. The first-order valence-corrected chi connectivity index (χ1v) is 15.0. The van der Waals surface area contributed by atoms with Crippen LogP contribution in [-0.4, -0.2) is 38.5 Å². The van der Waals surface area contributed by atoms with E-state index in [0.29, 0.717) is 44.1 Å². The lowest BCUT2D eigenvalue weighted by Gasteiger charge is -2.29. The van der Waals surface area contributed by atoms with Gasteiger partial charge in [-0.05, 0) is 80.5 Å². The van der Waals surface area contributed by atoms with Crippen molar-refractivity contribution in [1.29, 1.82) is 0 Å². The quantitative estimate of drug-likeness (QED) is 0.294. The van der Waals surface area contributed by atoms with Crippen molar-refractivity contribution in [2.45, 2.75) is 109 Å². The van der Waals surface area contributed by atoms with Crippen molar-refractivity contribution in [3.05, 3.63) is 0 Å². The van der Waals surface area contributed by atoms with Gasteiger partial charge in [-0.1, -0.05) is 64.2 Å². The Labute approximate surface area is 213 Å². The molecule has 0 radical (unpaired) electrons. The maximum absolute atomic E-state index is 12.2. The molecule has 4 aliphatic rings. The standard InChI is InChI=1S/C29H50N2O4/c32-28(34-15-7-13-22-9-3-1-4-10-22)30-20-25-17-24-18-26(27(25)19-24)21-31-29(33)35-16-8-14-23-11-5-2-6-12-23/h22-27H,1-21H2,(H,30,32)(H,31,33). The fraction of sp³-hybridized carbons (Fsp3) is 0.931. The Bertz CT molecular complexity index is 593. The van der Waals surface area contributed by atoms with Gasteiger partial charge in [-0.3, -0.25) is 0 Å². The summed E-state index contributed by atoms with van der Waals surface area (Å²) in [6.45, 7) is 2.47. The largest absolute Gasteiger partial charge is 0.450 e. The van der Waals surface area contributed by atoms with Gasteiger partial charge in [0.1, 0.15) is 0 Å². The highest BCUT2D eigenvalue weighted by Crippen LogP contribution is 2.51. The van der Waals surface area contributed by atoms with Crippen LogP contribution in [0.5, 0.6) is 0 Å². The minimum atomic E-state index is -0.261. The van der Waals surface area contributed by atoms with Gasteiger partial charge in [-0.25, -0.2) is 9.59 Å². The number of alkyl carbamates (subject to hydrolysis) is 2. The second-order valence-electron chi connectivity index (χ2n) is 12.1. The monoisotopic (exact) mass is 490 g/mol. The molecule has 0 aromatic rings. The van der Waals surface area contributed by atoms with Crippen LogP contribution < -0.4 is 10.6 Å². The Morgan fingerprint density at radius 1 is 0.629 bits per heavy atom. The van der Waals surface area contributed by atoms with Crippen LogP contribution in [0.4, 0.5) is 9.59 Å². The van der Waals surface area contributed by atoms with E-state index >= 15 is 0 Å². The lowest BCUT2D eigenvalue weighted by molar-refractivity contribution is 0.131. The molecule has 2 bridgehead atoms. The third-order valence-corrected chi connectivity index (χ3v) is 9.54. The first-order chi connectivity index (χ1) is 17.2. The number of nitrogens with one attached hydrogen (secondary N) is 2.